The van der Waals surface area contributed by atoms with Gasteiger partial charge in [-0.2, -0.15) is 10.4 Å². The minimum atomic E-state index is -0.167. The van der Waals surface area contributed by atoms with Crippen LogP contribution in [0.5, 0.6) is 0 Å². The molecule has 0 radical (unpaired) electrons. The van der Waals surface area contributed by atoms with Crippen molar-refractivity contribution in [2.45, 2.75) is 39.3 Å². The van der Waals surface area contributed by atoms with Gasteiger partial charge in [0.2, 0.25) is 0 Å². The van der Waals surface area contributed by atoms with E-state index in [2.05, 4.69) is 36.4 Å². The van der Waals surface area contributed by atoms with E-state index >= 15 is 0 Å². The minimum absolute atomic E-state index is 0.167. The third-order valence-electron chi connectivity index (χ3n) is 2.50. The van der Waals surface area contributed by atoms with Crippen molar-refractivity contribution in [2.75, 3.05) is 7.05 Å². The number of aryl methyl sites for hydroxylation is 2. The second-order valence-corrected chi connectivity index (χ2v) is 3.49. The fourth-order valence-electron chi connectivity index (χ4n) is 1.50. The van der Waals surface area contributed by atoms with Gasteiger partial charge in [0.25, 0.3) is 0 Å². The molecule has 0 bridgehead atoms. The highest BCUT2D eigenvalue weighted by Gasteiger charge is 2.10. The molecule has 0 aromatic carbocycles. The molecule has 1 atom stereocenters. The summed E-state index contributed by atoms with van der Waals surface area (Å²) >= 11 is 0. The van der Waals surface area contributed by atoms with Crippen molar-refractivity contribution in [1.82, 2.24) is 15.1 Å². The minimum Gasteiger partial charge on any atom is -0.303 e. The highest BCUT2D eigenvalue weighted by atomic mass is 15.3. The summed E-state index contributed by atoms with van der Waals surface area (Å²) in [6.45, 7) is 4.82. The molecular weight excluding hydrogens is 188 g/mol. The van der Waals surface area contributed by atoms with Crippen molar-refractivity contribution in [3.05, 3.63) is 17.5 Å². The van der Waals surface area contributed by atoms with E-state index in [0.29, 0.717) is 6.54 Å². The smallest absolute Gasteiger partial charge is 0.115 e. The summed E-state index contributed by atoms with van der Waals surface area (Å²) in [4.78, 5) is 0. The van der Waals surface area contributed by atoms with E-state index in [1.807, 2.05) is 4.68 Å². The van der Waals surface area contributed by atoms with Crippen molar-refractivity contribution in [3.8, 4) is 6.07 Å². The fraction of sp³-hybridized carbons (Fsp3) is 0.636. The summed E-state index contributed by atoms with van der Waals surface area (Å²) in [5.41, 5.74) is 2.29. The Hall–Kier alpha value is -1.34. The molecule has 4 nitrogen and oxygen atoms in total. The zero-order valence-electron chi connectivity index (χ0n) is 9.62. The van der Waals surface area contributed by atoms with E-state index < -0.39 is 0 Å². The van der Waals surface area contributed by atoms with Crippen LogP contribution in [0.2, 0.25) is 0 Å². The SMILES string of the molecule is CCc1cc(CC)n(CC(C#N)NC)n1. The predicted molar refractivity (Wildman–Crippen MR) is 59.4 cm³/mol. The second kappa shape index (κ2) is 5.52. The average molecular weight is 206 g/mol. The van der Waals surface area contributed by atoms with Crippen molar-refractivity contribution < 1.29 is 0 Å². The molecule has 1 unspecified atom stereocenters. The van der Waals surface area contributed by atoms with Gasteiger partial charge in [-0.1, -0.05) is 13.8 Å². The molecule has 82 valence electrons. The Balaban J connectivity index is 2.83. The van der Waals surface area contributed by atoms with Crippen LogP contribution in [0.25, 0.3) is 0 Å². The summed E-state index contributed by atoms with van der Waals surface area (Å²) in [5, 5.41) is 16.3. The molecule has 1 N–H and O–H groups in total. The molecule has 0 aliphatic rings. The molecule has 0 spiro atoms. The van der Waals surface area contributed by atoms with Crippen LogP contribution in [0.15, 0.2) is 6.07 Å². The number of hydrogen-bond donors (Lipinski definition) is 1. The van der Waals surface area contributed by atoms with Crippen LogP contribution < -0.4 is 5.32 Å². The maximum absolute atomic E-state index is 8.86. The zero-order chi connectivity index (χ0) is 11.3. The van der Waals surface area contributed by atoms with Gasteiger partial charge < -0.3 is 5.32 Å². The topological polar surface area (TPSA) is 53.6 Å². The Morgan fingerprint density at radius 3 is 2.73 bits per heavy atom. The zero-order valence-corrected chi connectivity index (χ0v) is 9.62. The highest BCUT2D eigenvalue weighted by Crippen LogP contribution is 2.07. The number of aromatic nitrogens is 2. The van der Waals surface area contributed by atoms with Crippen molar-refractivity contribution in [1.29, 1.82) is 5.26 Å². The largest absolute Gasteiger partial charge is 0.303 e. The van der Waals surface area contributed by atoms with Gasteiger partial charge in [-0.3, -0.25) is 4.68 Å². The van der Waals surface area contributed by atoms with Gasteiger partial charge in [-0.25, -0.2) is 0 Å². The number of nitriles is 1. The Morgan fingerprint density at radius 1 is 1.53 bits per heavy atom. The Kier molecular flexibility index (Phi) is 4.32. The standard InChI is InChI=1S/C11H18N4/c1-4-9-6-11(5-2)15(14-9)8-10(7-12)13-3/h6,10,13H,4-5,8H2,1-3H3. The molecule has 0 aliphatic carbocycles. The molecule has 0 aliphatic heterocycles. The van der Waals surface area contributed by atoms with Crippen LogP contribution in [0.3, 0.4) is 0 Å². The normalized spacial score (nSPS) is 12.4. The molecule has 1 rings (SSSR count). The lowest BCUT2D eigenvalue weighted by Gasteiger charge is -2.09. The fourth-order valence-corrected chi connectivity index (χ4v) is 1.50. The van der Waals surface area contributed by atoms with Gasteiger partial charge in [0.05, 0.1) is 18.3 Å². The summed E-state index contributed by atoms with van der Waals surface area (Å²) in [6.07, 6.45) is 1.89. The number of hydrogen-bond acceptors (Lipinski definition) is 3. The van der Waals surface area contributed by atoms with Crippen LogP contribution in [0.1, 0.15) is 25.2 Å². The lowest BCUT2D eigenvalue weighted by molar-refractivity contribution is 0.504. The van der Waals surface area contributed by atoms with Gasteiger partial charge in [0, 0.05) is 5.69 Å². The molecule has 0 amide bonds. The van der Waals surface area contributed by atoms with Gasteiger partial charge in [-0.05, 0) is 26.0 Å². The Labute approximate surface area is 90.9 Å². The van der Waals surface area contributed by atoms with Crippen molar-refractivity contribution in [3.63, 3.8) is 0 Å². The van der Waals surface area contributed by atoms with Crippen LogP contribution >= 0.6 is 0 Å². The average Bonchev–Trinajstić information content (AvgIpc) is 2.68. The van der Waals surface area contributed by atoms with E-state index in [9.17, 15) is 0 Å². The first-order chi connectivity index (χ1) is 7.24. The molecule has 0 fully saturated rings. The first-order valence-electron chi connectivity index (χ1n) is 5.37. The number of nitrogens with zero attached hydrogens (tertiary/aromatic N) is 3. The third kappa shape index (κ3) is 2.80. The highest BCUT2D eigenvalue weighted by molar-refractivity contribution is 5.11. The lowest BCUT2D eigenvalue weighted by atomic mass is 10.2. The molecular formula is C11H18N4. The van der Waals surface area contributed by atoms with Crippen LogP contribution in [-0.2, 0) is 19.4 Å². The van der Waals surface area contributed by atoms with Gasteiger partial charge in [-0.15, -0.1) is 0 Å². The van der Waals surface area contributed by atoms with E-state index in [4.69, 9.17) is 5.26 Å². The number of rotatable bonds is 5. The van der Waals surface area contributed by atoms with Gasteiger partial charge >= 0.3 is 0 Å². The second-order valence-electron chi connectivity index (χ2n) is 3.49. The summed E-state index contributed by atoms with van der Waals surface area (Å²) < 4.78 is 1.93. The van der Waals surface area contributed by atoms with E-state index in [1.165, 1.54) is 5.69 Å². The number of nitrogens with one attached hydrogen (secondary N) is 1. The maximum atomic E-state index is 8.86. The molecule has 1 aromatic heterocycles. The predicted octanol–water partition coefficient (Wildman–Crippen LogP) is 1.12. The summed E-state index contributed by atoms with van der Waals surface area (Å²) in [7, 11) is 1.80. The number of likely N-dealkylation sites (N-methyl/N-ethyl adjacent to an activating group) is 1. The molecule has 15 heavy (non-hydrogen) atoms. The van der Waals surface area contributed by atoms with Crippen LogP contribution in [0.4, 0.5) is 0 Å². The van der Waals surface area contributed by atoms with E-state index in [-0.39, 0.29) is 6.04 Å². The summed E-state index contributed by atoms with van der Waals surface area (Å²) in [6, 6.07) is 4.16. The molecule has 1 heterocycles. The molecule has 1 aromatic rings. The molecule has 0 saturated carbocycles. The Bertz CT molecular complexity index is 348. The monoisotopic (exact) mass is 206 g/mol. The first kappa shape index (κ1) is 11.7. The maximum Gasteiger partial charge on any atom is 0.115 e. The lowest BCUT2D eigenvalue weighted by Crippen LogP contribution is -2.29. The third-order valence-corrected chi connectivity index (χ3v) is 2.50. The van der Waals surface area contributed by atoms with Gasteiger partial charge in [0.1, 0.15) is 6.04 Å². The first-order valence-corrected chi connectivity index (χ1v) is 5.37. The molecule has 4 heteroatoms. The Morgan fingerprint density at radius 2 is 2.27 bits per heavy atom. The molecule has 0 saturated heterocycles. The van der Waals surface area contributed by atoms with Crippen LogP contribution in [0, 0.1) is 11.3 Å². The van der Waals surface area contributed by atoms with Crippen molar-refractivity contribution >= 4 is 0 Å². The van der Waals surface area contributed by atoms with Gasteiger partial charge in [0.15, 0.2) is 0 Å². The van der Waals surface area contributed by atoms with Crippen LogP contribution in [-0.4, -0.2) is 22.9 Å². The van der Waals surface area contributed by atoms with Crippen molar-refractivity contribution in [2.24, 2.45) is 0 Å². The quantitative estimate of drug-likeness (QED) is 0.785. The van der Waals surface area contributed by atoms with E-state index in [0.717, 1.165) is 18.5 Å². The van der Waals surface area contributed by atoms with E-state index in [1.54, 1.807) is 7.05 Å². The summed E-state index contributed by atoms with van der Waals surface area (Å²) in [5.74, 6) is 0.